The Balaban J connectivity index is 1.94. The summed E-state index contributed by atoms with van der Waals surface area (Å²) in [4.78, 5) is 27.5. The average molecular weight is 476 g/mol. The van der Waals surface area contributed by atoms with E-state index in [1.807, 2.05) is 38.1 Å². The number of amides is 2. The minimum absolute atomic E-state index is 0.0468. The van der Waals surface area contributed by atoms with E-state index in [0.29, 0.717) is 17.9 Å². The Morgan fingerprint density at radius 1 is 1.12 bits per heavy atom. The molecule has 2 aromatic rings. The number of carbonyl (C=O) groups is 2. The van der Waals surface area contributed by atoms with Crippen molar-refractivity contribution >= 4 is 27.5 Å². The van der Waals surface area contributed by atoms with Crippen molar-refractivity contribution in [3.63, 3.8) is 0 Å². The molecule has 1 heterocycles. The van der Waals surface area contributed by atoms with E-state index in [1.165, 1.54) is 18.0 Å². The van der Waals surface area contributed by atoms with Crippen molar-refractivity contribution in [2.75, 3.05) is 30.9 Å². The zero-order chi connectivity index (χ0) is 24.2. The van der Waals surface area contributed by atoms with E-state index in [0.717, 1.165) is 21.7 Å². The van der Waals surface area contributed by atoms with Gasteiger partial charge in [0.05, 0.1) is 11.9 Å². The van der Waals surface area contributed by atoms with Gasteiger partial charge in [-0.05, 0) is 31.0 Å². The molecule has 0 saturated carbocycles. The first-order chi connectivity index (χ1) is 15.6. The second-order valence-electron chi connectivity index (χ2n) is 7.86. The van der Waals surface area contributed by atoms with Crippen molar-refractivity contribution in [3.8, 4) is 11.5 Å². The molecule has 0 bridgehead atoms. The molecule has 2 aromatic carbocycles. The lowest BCUT2D eigenvalue weighted by Gasteiger charge is -2.32. The fourth-order valence-electron chi connectivity index (χ4n) is 3.75. The Morgan fingerprint density at radius 3 is 2.48 bits per heavy atom. The van der Waals surface area contributed by atoms with Crippen LogP contribution in [0, 0.1) is 6.92 Å². The van der Waals surface area contributed by atoms with Crippen LogP contribution in [0.15, 0.2) is 42.5 Å². The van der Waals surface area contributed by atoms with Gasteiger partial charge in [0.1, 0.15) is 12.6 Å². The maximum absolute atomic E-state index is 13.5. The standard InChI is InChI=1S/C23H29N3O6S/c1-5-19(23(28)24-3)25(13-17-8-6-7-16(2)11-17)22(27)14-26(33(4,29)30)18-9-10-20-21(12-18)32-15-31-20/h6-12,19H,5,13-15H2,1-4H3,(H,24,28)/t19-/m0/s1. The predicted molar refractivity (Wildman–Crippen MR) is 125 cm³/mol. The monoisotopic (exact) mass is 475 g/mol. The van der Waals surface area contributed by atoms with E-state index in [1.54, 1.807) is 12.1 Å². The van der Waals surface area contributed by atoms with Gasteiger partial charge >= 0.3 is 0 Å². The van der Waals surface area contributed by atoms with Crippen LogP contribution in [0.1, 0.15) is 24.5 Å². The highest BCUT2D eigenvalue weighted by Crippen LogP contribution is 2.36. The van der Waals surface area contributed by atoms with Crippen molar-refractivity contribution in [2.24, 2.45) is 0 Å². The van der Waals surface area contributed by atoms with Crippen LogP contribution in [0.2, 0.25) is 0 Å². The number of rotatable bonds is 9. The zero-order valence-corrected chi connectivity index (χ0v) is 20.0. The summed E-state index contributed by atoms with van der Waals surface area (Å²) in [7, 11) is -2.30. The third kappa shape index (κ3) is 5.75. The number of hydrogen-bond acceptors (Lipinski definition) is 6. The van der Waals surface area contributed by atoms with E-state index in [9.17, 15) is 18.0 Å². The van der Waals surface area contributed by atoms with Crippen LogP contribution < -0.4 is 19.1 Å². The predicted octanol–water partition coefficient (Wildman–Crippen LogP) is 2.04. The Morgan fingerprint density at radius 2 is 1.85 bits per heavy atom. The number of carbonyl (C=O) groups excluding carboxylic acids is 2. The summed E-state index contributed by atoms with van der Waals surface area (Å²) in [6.45, 7) is 3.51. The summed E-state index contributed by atoms with van der Waals surface area (Å²) in [6, 6.07) is 11.6. The largest absolute Gasteiger partial charge is 0.454 e. The first-order valence-corrected chi connectivity index (χ1v) is 12.4. The Labute approximate surface area is 194 Å². The van der Waals surface area contributed by atoms with Gasteiger partial charge in [0.15, 0.2) is 11.5 Å². The Hall–Kier alpha value is -3.27. The molecule has 9 nitrogen and oxygen atoms in total. The van der Waals surface area contributed by atoms with Crippen LogP contribution in [0.4, 0.5) is 5.69 Å². The lowest BCUT2D eigenvalue weighted by molar-refractivity contribution is -0.140. The third-order valence-electron chi connectivity index (χ3n) is 5.39. The molecule has 2 amide bonds. The fraction of sp³-hybridized carbons (Fsp3) is 0.391. The number of benzene rings is 2. The van der Waals surface area contributed by atoms with Gasteiger partial charge in [0.25, 0.3) is 0 Å². The summed E-state index contributed by atoms with van der Waals surface area (Å²) < 4.78 is 36.9. The molecule has 33 heavy (non-hydrogen) atoms. The number of ether oxygens (including phenoxy) is 2. The molecule has 0 aliphatic carbocycles. The number of likely N-dealkylation sites (N-methyl/N-ethyl adjacent to an activating group) is 1. The molecule has 0 spiro atoms. The zero-order valence-electron chi connectivity index (χ0n) is 19.2. The highest BCUT2D eigenvalue weighted by Gasteiger charge is 2.31. The second kappa shape index (κ2) is 10.1. The van der Waals surface area contributed by atoms with Crippen LogP contribution in [0.5, 0.6) is 11.5 Å². The van der Waals surface area contributed by atoms with Crippen molar-refractivity contribution in [1.29, 1.82) is 0 Å². The van der Waals surface area contributed by atoms with Crippen molar-refractivity contribution < 1.29 is 27.5 Å². The number of fused-ring (bicyclic) bond motifs is 1. The molecule has 1 aliphatic rings. The van der Waals surface area contributed by atoms with E-state index in [-0.39, 0.29) is 24.9 Å². The molecule has 178 valence electrons. The van der Waals surface area contributed by atoms with Gasteiger partial charge in [-0.2, -0.15) is 0 Å². The lowest BCUT2D eigenvalue weighted by atomic mass is 10.1. The molecule has 1 N–H and O–H groups in total. The maximum atomic E-state index is 13.5. The minimum atomic E-state index is -3.81. The quantitative estimate of drug-likeness (QED) is 0.595. The van der Waals surface area contributed by atoms with Crippen LogP contribution in [-0.2, 0) is 26.2 Å². The number of sulfonamides is 1. The molecule has 3 rings (SSSR count). The van der Waals surface area contributed by atoms with Crippen molar-refractivity contribution in [2.45, 2.75) is 32.9 Å². The average Bonchev–Trinajstić information content (AvgIpc) is 3.24. The normalized spacial score (nSPS) is 13.3. The maximum Gasteiger partial charge on any atom is 0.244 e. The van der Waals surface area contributed by atoms with E-state index < -0.39 is 28.5 Å². The van der Waals surface area contributed by atoms with Crippen molar-refractivity contribution in [1.82, 2.24) is 10.2 Å². The number of aryl methyl sites for hydroxylation is 1. The highest BCUT2D eigenvalue weighted by molar-refractivity contribution is 7.92. The van der Waals surface area contributed by atoms with Gasteiger partial charge in [-0.15, -0.1) is 0 Å². The van der Waals surface area contributed by atoms with Gasteiger partial charge in [0, 0.05) is 19.7 Å². The second-order valence-corrected chi connectivity index (χ2v) is 9.76. The summed E-state index contributed by atoms with van der Waals surface area (Å²) in [6.07, 6.45) is 1.41. The minimum Gasteiger partial charge on any atom is -0.454 e. The van der Waals surface area contributed by atoms with E-state index >= 15 is 0 Å². The summed E-state index contributed by atoms with van der Waals surface area (Å²) in [5.74, 6) is 0.106. The first-order valence-electron chi connectivity index (χ1n) is 10.6. The van der Waals surface area contributed by atoms with Gasteiger partial charge in [0.2, 0.25) is 28.6 Å². The smallest absolute Gasteiger partial charge is 0.244 e. The van der Waals surface area contributed by atoms with Gasteiger partial charge in [-0.1, -0.05) is 36.8 Å². The van der Waals surface area contributed by atoms with Gasteiger partial charge in [-0.3, -0.25) is 13.9 Å². The van der Waals surface area contributed by atoms with Crippen LogP contribution in [0.3, 0.4) is 0 Å². The highest BCUT2D eigenvalue weighted by atomic mass is 32.2. The summed E-state index contributed by atoms with van der Waals surface area (Å²) in [5, 5.41) is 2.60. The Bertz CT molecular complexity index is 1130. The summed E-state index contributed by atoms with van der Waals surface area (Å²) >= 11 is 0. The lowest BCUT2D eigenvalue weighted by Crippen LogP contribution is -2.51. The number of hydrogen-bond donors (Lipinski definition) is 1. The molecular formula is C23H29N3O6S. The molecule has 1 aliphatic heterocycles. The molecule has 0 aromatic heterocycles. The van der Waals surface area contributed by atoms with Gasteiger partial charge < -0.3 is 19.7 Å². The van der Waals surface area contributed by atoms with Crippen molar-refractivity contribution in [3.05, 3.63) is 53.6 Å². The van der Waals surface area contributed by atoms with E-state index in [2.05, 4.69) is 5.32 Å². The molecule has 1 atom stereocenters. The fourth-order valence-corrected chi connectivity index (χ4v) is 4.59. The molecule has 10 heteroatoms. The Kier molecular flexibility index (Phi) is 7.47. The molecular weight excluding hydrogens is 446 g/mol. The summed E-state index contributed by atoms with van der Waals surface area (Å²) in [5.41, 5.74) is 2.14. The molecule has 0 saturated heterocycles. The molecule has 0 radical (unpaired) electrons. The number of nitrogens with one attached hydrogen (secondary N) is 1. The topological polar surface area (TPSA) is 105 Å². The third-order valence-corrected chi connectivity index (χ3v) is 6.53. The molecule has 0 unspecified atom stereocenters. The number of anilines is 1. The first kappa shape index (κ1) is 24.4. The number of nitrogens with zero attached hydrogens (tertiary/aromatic N) is 2. The van der Waals surface area contributed by atoms with Crippen LogP contribution in [0.25, 0.3) is 0 Å². The molecule has 0 fully saturated rings. The van der Waals surface area contributed by atoms with Crippen LogP contribution >= 0.6 is 0 Å². The van der Waals surface area contributed by atoms with Crippen LogP contribution in [-0.4, -0.2) is 57.8 Å². The van der Waals surface area contributed by atoms with E-state index in [4.69, 9.17) is 9.47 Å². The van der Waals surface area contributed by atoms with Gasteiger partial charge in [-0.25, -0.2) is 8.42 Å². The SMILES string of the molecule is CC[C@@H](C(=O)NC)N(Cc1cccc(C)c1)C(=O)CN(c1ccc2c(c1)OCO2)S(C)(=O)=O.